The topological polar surface area (TPSA) is 26.3 Å². The highest BCUT2D eigenvalue weighted by Crippen LogP contribution is 2.07. The normalized spacial score (nSPS) is 9.19. The van der Waals surface area contributed by atoms with Crippen molar-refractivity contribution in [1.29, 1.82) is 0 Å². The molecule has 16 heavy (non-hydrogen) atoms. The third-order valence-corrected chi connectivity index (χ3v) is 1.69. The van der Waals surface area contributed by atoms with Crippen LogP contribution >= 0.6 is 0 Å². The second-order valence-electron chi connectivity index (χ2n) is 2.91. The Bertz CT molecular complexity index is 444. The van der Waals surface area contributed by atoms with E-state index in [0.717, 1.165) is 12.1 Å². The van der Waals surface area contributed by atoms with Gasteiger partial charge in [-0.25, -0.2) is 8.78 Å². The maximum atomic E-state index is 13.1. The molecule has 0 aliphatic heterocycles. The van der Waals surface area contributed by atoms with Crippen molar-refractivity contribution in [2.24, 2.45) is 0 Å². The van der Waals surface area contributed by atoms with E-state index in [2.05, 4.69) is 16.6 Å². The fraction of sp³-hybridized carbons (Fsp3) is 0.250. The van der Waals surface area contributed by atoms with Crippen LogP contribution in [0.5, 0.6) is 0 Å². The lowest BCUT2D eigenvalue weighted by atomic mass is 10.2. The Hall–Kier alpha value is -1.89. The molecule has 0 aromatic heterocycles. The highest BCUT2D eigenvalue weighted by atomic mass is 19.1. The van der Waals surface area contributed by atoms with Crippen molar-refractivity contribution < 1.29 is 18.3 Å². The van der Waals surface area contributed by atoms with Crippen molar-refractivity contribution in [3.05, 3.63) is 35.4 Å². The number of ether oxygens (including phenoxy) is 1. The number of hydrogen-bond acceptors (Lipinski definition) is 2. The lowest BCUT2D eigenvalue weighted by Gasteiger charge is -1.95. The van der Waals surface area contributed by atoms with Gasteiger partial charge in [0.05, 0.1) is 12.2 Å². The maximum Gasteiger partial charge on any atom is 0.317 e. The molecule has 0 amide bonds. The fourth-order valence-electron chi connectivity index (χ4n) is 1.01. The van der Waals surface area contributed by atoms with Gasteiger partial charge >= 0.3 is 5.97 Å². The van der Waals surface area contributed by atoms with Gasteiger partial charge < -0.3 is 4.74 Å². The van der Waals surface area contributed by atoms with Gasteiger partial charge in [0.25, 0.3) is 0 Å². The van der Waals surface area contributed by atoms with Crippen LogP contribution in [0.1, 0.15) is 18.9 Å². The van der Waals surface area contributed by atoms with E-state index in [9.17, 15) is 13.6 Å². The molecule has 0 saturated heterocycles. The predicted octanol–water partition coefficient (Wildman–Crippen LogP) is 2.27. The van der Waals surface area contributed by atoms with Gasteiger partial charge in [-0.2, -0.15) is 0 Å². The van der Waals surface area contributed by atoms with Crippen molar-refractivity contribution in [1.82, 2.24) is 0 Å². The van der Waals surface area contributed by atoms with Crippen molar-refractivity contribution in [2.45, 2.75) is 13.3 Å². The zero-order valence-corrected chi connectivity index (χ0v) is 8.72. The summed E-state index contributed by atoms with van der Waals surface area (Å²) in [5, 5.41) is 0. The van der Waals surface area contributed by atoms with E-state index in [0.29, 0.717) is 0 Å². The highest BCUT2D eigenvalue weighted by Gasteiger charge is 2.01. The molecule has 0 fully saturated rings. The molecule has 4 heteroatoms. The summed E-state index contributed by atoms with van der Waals surface area (Å²) in [4.78, 5) is 10.9. The van der Waals surface area contributed by atoms with Gasteiger partial charge in [-0.15, -0.1) is 0 Å². The minimum absolute atomic E-state index is 0.0608. The molecule has 2 nitrogen and oxygen atoms in total. The monoisotopic (exact) mass is 224 g/mol. The average molecular weight is 224 g/mol. The molecule has 1 aromatic rings. The molecular formula is C12H10F2O2. The summed E-state index contributed by atoms with van der Waals surface area (Å²) in [7, 11) is 0. The molecule has 84 valence electrons. The van der Waals surface area contributed by atoms with Crippen molar-refractivity contribution in [3.63, 3.8) is 0 Å². The van der Waals surface area contributed by atoms with E-state index in [1.165, 1.54) is 6.07 Å². The summed E-state index contributed by atoms with van der Waals surface area (Å²) in [6, 6.07) is 3.08. The van der Waals surface area contributed by atoms with Crippen LogP contribution in [-0.4, -0.2) is 12.6 Å². The maximum absolute atomic E-state index is 13.1. The summed E-state index contributed by atoms with van der Waals surface area (Å²) in [6.45, 7) is 1.97. The molecule has 1 rings (SSSR count). The molecular weight excluding hydrogens is 214 g/mol. The first-order chi connectivity index (χ1) is 7.63. The molecule has 0 radical (unpaired) electrons. The number of benzene rings is 1. The largest absolute Gasteiger partial charge is 0.465 e. The highest BCUT2D eigenvalue weighted by molar-refractivity contribution is 5.72. The van der Waals surface area contributed by atoms with Crippen molar-refractivity contribution in [2.75, 3.05) is 6.61 Å². The standard InChI is InChI=1S/C12H10F2O2/c1-2-16-12(15)5-3-4-9-6-7-10(13)8-11(9)14/h6-8H,2,5H2,1H3. The Labute approximate surface area is 92.2 Å². The van der Waals surface area contributed by atoms with Crippen LogP contribution in [0.15, 0.2) is 18.2 Å². The summed E-state index contributed by atoms with van der Waals surface area (Å²) in [6.07, 6.45) is -0.106. The Morgan fingerprint density at radius 3 is 2.81 bits per heavy atom. The molecule has 1 aromatic carbocycles. The van der Waals surface area contributed by atoms with Crippen LogP contribution < -0.4 is 0 Å². The van der Waals surface area contributed by atoms with E-state index >= 15 is 0 Å². The summed E-state index contributed by atoms with van der Waals surface area (Å²) < 4.78 is 30.2. The SMILES string of the molecule is CCOC(=O)CC#Cc1ccc(F)cc1F. The molecule has 0 saturated carbocycles. The fourth-order valence-corrected chi connectivity index (χ4v) is 1.01. The quantitative estimate of drug-likeness (QED) is 0.569. The molecule has 0 bridgehead atoms. The predicted molar refractivity (Wildman–Crippen MR) is 54.5 cm³/mol. The molecule has 0 unspecified atom stereocenters. The molecule has 0 aliphatic rings. The van der Waals surface area contributed by atoms with E-state index in [-0.39, 0.29) is 18.6 Å². The summed E-state index contributed by atoms with van der Waals surface area (Å²) in [5.41, 5.74) is 0.0608. The zero-order chi connectivity index (χ0) is 12.0. The van der Waals surface area contributed by atoms with Gasteiger partial charge in [-0.3, -0.25) is 4.79 Å². The van der Waals surface area contributed by atoms with Crippen LogP contribution in [0.25, 0.3) is 0 Å². The zero-order valence-electron chi connectivity index (χ0n) is 8.72. The first-order valence-corrected chi connectivity index (χ1v) is 4.73. The molecule has 0 aliphatic carbocycles. The first-order valence-electron chi connectivity index (χ1n) is 4.73. The van der Waals surface area contributed by atoms with Gasteiger partial charge in [0.1, 0.15) is 18.1 Å². The molecule has 0 atom stereocenters. The average Bonchev–Trinajstić information content (AvgIpc) is 2.22. The second kappa shape index (κ2) is 5.86. The van der Waals surface area contributed by atoms with E-state index in [1.807, 2.05) is 0 Å². The van der Waals surface area contributed by atoms with E-state index in [1.54, 1.807) is 6.92 Å². The van der Waals surface area contributed by atoms with Crippen molar-refractivity contribution >= 4 is 5.97 Å². The third-order valence-electron chi connectivity index (χ3n) is 1.69. The van der Waals surface area contributed by atoms with Gasteiger partial charge in [-0.1, -0.05) is 11.8 Å². The van der Waals surface area contributed by atoms with Gasteiger partial charge in [0.2, 0.25) is 0 Å². The minimum Gasteiger partial charge on any atom is -0.465 e. The van der Waals surface area contributed by atoms with Crippen LogP contribution in [0.3, 0.4) is 0 Å². The van der Waals surface area contributed by atoms with Crippen LogP contribution in [-0.2, 0) is 9.53 Å². The Morgan fingerprint density at radius 2 is 2.19 bits per heavy atom. The molecule has 0 spiro atoms. The Kier molecular flexibility index (Phi) is 4.46. The van der Waals surface area contributed by atoms with Gasteiger partial charge in [0, 0.05) is 6.07 Å². The first kappa shape index (κ1) is 12.2. The summed E-state index contributed by atoms with van der Waals surface area (Å²) in [5.74, 6) is 3.04. The smallest absolute Gasteiger partial charge is 0.317 e. The van der Waals surface area contributed by atoms with Crippen molar-refractivity contribution in [3.8, 4) is 11.8 Å². The number of esters is 1. The third kappa shape index (κ3) is 3.70. The molecule has 0 N–H and O–H groups in total. The number of carbonyl (C=O) groups is 1. The molecule has 0 heterocycles. The van der Waals surface area contributed by atoms with E-state index < -0.39 is 17.6 Å². The van der Waals surface area contributed by atoms with Gasteiger partial charge in [-0.05, 0) is 19.1 Å². The lowest BCUT2D eigenvalue weighted by Crippen LogP contribution is -2.01. The minimum atomic E-state index is -0.739. The Balaban J connectivity index is 2.66. The second-order valence-corrected chi connectivity index (χ2v) is 2.91. The van der Waals surface area contributed by atoms with Gasteiger partial charge in [0.15, 0.2) is 0 Å². The number of halogens is 2. The summed E-state index contributed by atoms with van der Waals surface area (Å²) >= 11 is 0. The number of rotatable bonds is 2. The van der Waals surface area contributed by atoms with Crippen LogP contribution in [0.4, 0.5) is 8.78 Å². The Morgan fingerprint density at radius 1 is 1.44 bits per heavy atom. The lowest BCUT2D eigenvalue weighted by molar-refractivity contribution is -0.141. The van der Waals surface area contributed by atoms with E-state index in [4.69, 9.17) is 0 Å². The number of hydrogen-bond donors (Lipinski definition) is 0. The number of carbonyl (C=O) groups excluding carboxylic acids is 1. The van der Waals surface area contributed by atoms with Crippen LogP contribution in [0.2, 0.25) is 0 Å². The van der Waals surface area contributed by atoms with Crippen LogP contribution in [0, 0.1) is 23.5 Å².